The van der Waals surface area contributed by atoms with Crippen molar-refractivity contribution in [2.75, 3.05) is 30.6 Å². The largest absolute Gasteiger partial charge is 0.497 e. The van der Waals surface area contributed by atoms with E-state index in [9.17, 15) is 19.5 Å². The Bertz CT molecular complexity index is 1460. The van der Waals surface area contributed by atoms with Gasteiger partial charge in [0.1, 0.15) is 11.5 Å². The number of amides is 2. The van der Waals surface area contributed by atoms with Gasteiger partial charge < -0.3 is 25.2 Å². The zero-order valence-corrected chi connectivity index (χ0v) is 20.9. The number of carbonyl (C=O) groups excluding carboxylic acids is 2. The van der Waals surface area contributed by atoms with Gasteiger partial charge in [0.25, 0.3) is 5.91 Å². The number of nitrogens with one attached hydrogen (secondary N) is 2. The van der Waals surface area contributed by atoms with Crippen molar-refractivity contribution < 1.29 is 29.0 Å². The van der Waals surface area contributed by atoms with E-state index in [-0.39, 0.29) is 22.8 Å². The average Bonchev–Trinajstić information content (AvgIpc) is 2.92. The normalized spacial score (nSPS) is 10.5. The number of carbonyl (C=O) groups is 3. The highest BCUT2D eigenvalue weighted by atomic mass is 32.2. The molecule has 0 heterocycles. The van der Waals surface area contributed by atoms with Crippen LogP contribution in [0.4, 0.5) is 11.4 Å². The summed E-state index contributed by atoms with van der Waals surface area (Å²) in [5.41, 5.74) is 1.44. The fraction of sp³-hybridized carbons (Fsp3) is 0.107. The third kappa shape index (κ3) is 6.02. The van der Waals surface area contributed by atoms with Crippen LogP contribution >= 0.6 is 11.8 Å². The van der Waals surface area contributed by atoms with Crippen LogP contribution in [-0.4, -0.2) is 42.9 Å². The third-order valence-electron chi connectivity index (χ3n) is 5.54. The molecule has 4 aromatic rings. The Balaban J connectivity index is 1.39. The molecule has 0 spiro atoms. The van der Waals surface area contributed by atoms with Crippen molar-refractivity contribution in [3.05, 3.63) is 90.0 Å². The number of anilines is 2. The summed E-state index contributed by atoms with van der Waals surface area (Å²) in [6.45, 7) is 0. The van der Waals surface area contributed by atoms with Gasteiger partial charge in [0.2, 0.25) is 5.91 Å². The van der Waals surface area contributed by atoms with E-state index in [1.54, 1.807) is 79.9 Å². The van der Waals surface area contributed by atoms with E-state index in [2.05, 4.69) is 10.6 Å². The van der Waals surface area contributed by atoms with Gasteiger partial charge in [0.05, 0.1) is 31.2 Å². The fourth-order valence-electron chi connectivity index (χ4n) is 3.78. The van der Waals surface area contributed by atoms with E-state index in [1.807, 2.05) is 0 Å². The molecule has 0 aliphatic heterocycles. The maximum Gasteiger partial charge on any atom is 0.336 e. The minimum atomic E-state index is -1.10. The van der Waals surface area contributed by atoms with E-state index in [1.165, 1.54) is 24.9 Å². The highest BCUT2D eigenvalue weighted by Crippen LogP contribution is 2.30. The Kier molecular flexibility index (Phi) is 7.95. The number of aromatic carboxylic acids is 1. The third-order valence-corrected chi connectivity index (χ3v) is 6.56. The first-order chi connectivity index (χ1) is 17.9. The van der Waals surface area contributed by atoms with Crippen LogP contribution in [0.25, 0.3) is 10.8 Å². The number of fused-ring (bicyclic) bond motifs is 1. The van der Waals surface area contributed by atoms with Crippen LogP contribution in [0.3, 0.4) is 0 Å². The molecular weight excluding hydrogens is 492 g/mol. The number of carboxylic acids is 1. The Labute approximate surface area is 217 Å². The SMILES string of the molecule is COc1ccc(NC(=O)CSc2ccc(NC(=O)c3cccc4cccc(C(=O)O)c34)cc2)c(OC)c1. The summed E-state index contributed by atoms with van der Waals surface area (Å²) in [4.78, 5) is 38.0. The van der Waals surface area contributed by atoms with E-state index >= 15 is 0 Å². The summed E-state index contributed by atoms with van der Waals surface area (Å²) in [5, 5.41) is 16.3. The lowest BCUT2D eigenvalue weighted by Crippen LogP contribution is -2.15. The topological polar surface area (TPSA) is 114 Å². The smallest absolute Gasteiger partial charge is 0.336 e. The molecule has 2 amide bonds. The van der Waals surface area contributed by atoms with Gasteiger partial charge in [-0.2, -0.15) is 0 Å². The van der Waals surface area contributed by atoms with Crippen LogP contribution in [-0.2, 0) is 4.79 Å². The fourth-order valence-corrected chi connectivity index (χ4v) is 4.48. The Morgan fingerprint density at radius 1 is 0.838 bits per heavy atom. The average molecular weight is 517 g/mol. The van der Waals surface area contributed by atoms with Crippen LogP contribution in [0.1, 0.15) is 20.7 Å². The van der Waals surface area contributed by atoms with Crippen LogP contribution in [0.5, 0.6) is 11.5 Å². The molecule has 4 rings (SSSR count). The van der Waals surface area contributed by atoms with Crippen molar-refractivity contribution in [3.8, 4) is 11.5 Å². The van der Waals surface area contributed by atoms with Gasteiger partial charge in [-0.05, 0) is 53.9 Å². The monoisotopic (exact) mass is 516 g/mol. The zero-order chi connectivity index (χ0) is 26.4. The predicted molar refractivity (Wildman–Crippen MR) is 144 cm³/mol. The van der Waals surface area contributed by atoms with Gasteiger partial charge in [-0.25, -0.2) is 4.79 Å². The van der Waals surface area contributed by atoms with Gasteiger partial charge >= 0.3 is 5.97 Å². The number of ether oxygens (including phenoxy) is 2. The molecule has 8 nitrogen and oxygen atoms in total. The quantitative estimate of drug-likeness (QED) is 0.250. The van der Waals surface area contributed by atoms with E-state index in [0.29, 0.717) is 33.6 Å². The molecule has 0 atom stereocenters. The number of benzene rings is 4. The Morgan fingerprint density at radius 2 is 1.54 bits per heavy atom. The maximum atomic E-state index is 13.0. The van der Waals surface area contributed by atoms with Crippen molar-refractivity contribution in [3.63, 3.8) is 0 Å². The van der Waals surface area contributed by atoms with Gasteiger partial charge in [-0.15, -0.1) is 11.8 Å². The number of hydrogen-bond donors (Lipinski definition) is 3. The van der Waals surface area contributed by atoms with E-state index in [0.717, 1.165) is 4.90 Å². The predicted octanol–water partition coefficient (Wildman–Crippen LogP) is 5.54. The zero-order valence-electron chi connectivity index (χ0n) is 20.1. The summed E-state index contributed by atoms with van der Waals surface area (Å²) in [7, 11) is 3.07. The molecule has 9 heteroatoms. The molecular formula is C28H24N2O6S. The number of carboxylic acid groups (broad SMARTS) is 1. The molecule has 0 aliphatic carbocycles. The summed E-state index contributed by atoms with van der Waals surface area (Å²) >= 11 is 1.34. The molecule has 0 saturated heterocycles. The van der Waals surface area contributed by atoms with Crippen LogP contribution in [0, 0.1) is 0 Å². The molecule has 0 unspecified atom stereocenters. The van der Waals surface area contributed by atoms with Gasteiger partial charge in [0, 0.05) is 27.6 Å². The summed E-state index contributed by atoms with van der Waals surface area (Å²) in [6.07, 6.45) is 0. The lowest BCUT2D eigenvalue weighted by atomic mass is 9.98. The Hall–Kier alpha value is -4.50. The van der Waals surface area contributed by atoms with Gasteiger partial charge in [0.15, 0.2) is 0 Å². The van der Waals surface area contributed by atoms with Crippen LogP contribution < -0.4 is 20.1 Å². The summed E-state index contributed by atoms with van der Waals surface area (Å²) in [6, 6.07) is 22.2. The van der Waals surface area contributed by atoms with Crippen molar-refractivity contribution in [1.29, 1.82) is 0 Å². The molecule has 0 aliphatic rings. The molecule has 0 bridgehead atoms. The first kappa shape index (κ1) is 25.6. The molecule has 0 aromatic heterocycles. The Morgan fingerprint density at radius 3 is 2.19 bits per heavy atom. The highest BCUT2D eigenvalue weighted by Gasteiger charge is 2.17. The highest BCUT2D eigenvalue weighted by molar-refractivity contribution is 8.00. The number of hydrogen-bond acceptors (Lipinski definition) is 6. The molecule has 37 heavy (non-hydrogen) atoms. The lowest BCUT2D eigenvalue weighted by Gasteiger charge is -2.12. The first-order valence-corrected chi connectivity index (χ1v) is 12.2. The maximum absolute atomic E-state index is 13.0. The molecule has 188 valence electrons. The molecule has 3 N–H and O–H groups in total. The van der Waals surface area contributed by atoms with Gasteiger partial charge in [-0.3, -0.25) is 9.59 Å². The van der Waals surface area contributed by atoms with Crippen molar-refractivity contribution in [2.24, 2.45) is 0 Å². The second-order valence-corrected chi connectivity index (χ2v) is 8.94. The molecule has 0 radical (unpaired) electrons. The number of methoxy groups -OCH3 is 2. The minimum absolute atomic E-state index is 0.0699. The molecule has 4 aromatic carbocycles. The van der Waals surface area contributed by atoms with E-state index < -0.39 is 11.9 Å². The second kappa shape index (κ2) is 11.5. The second-order valence-electron chi connectivity index (χ2n) is 7.90. The van der Waals surface area contributed by atoms with Gasteiger partial charge in [-0.1, -0.05) is 24.3 Å². The molecule has 0 saturated carbocycles. The van der Waals surface area contributed by atoms with Crippen molar-refractivity contribution in [2.45, 2.75) is 4.90 Å². The van der Waals surface area contributed by atoms with E-state index in [4.69, 9.17) is 9.47 Å². The lowest BCUT2D eigenvalue weighted by molar-refractivity contribution is -0.113. The first-order valence-electron chi connectivity index (χ1n) is 11.2. The van der Waals surface area contributed by atoms with Crippen molar-refractivity contribution >= 4 is 51.7 Å². The van der Waals surface area contributed by atoms with Crippen LogP contribution in [0.15, 0.2) is 83.8 Å². The summed E-state index contributed by atoms with van der Waals surface area (Å²) in [5.74, 6) is -0.404. The number of rotatable bonds is 9. The number of thioether (sulfide) groups is 1. The molecule has 0 fully saturated rings. The minimum Gasteiger partial charge on any atom is -0.497 e. The van der Waals surface area contributed by atoms with Crippen LogP contribution in [0.2, 0.25) is 0 Å². The summed E-state index contributed by atoms with van der Waals surface area (Å²) < 4.78 is 10.5. The van der Waals surface area contributed by atoms with Crippen molar-refractivity contribution in [1.82, 2.24) is 0 Å². The standard InChI is InChI=1S/C28H24N2O6S/c1-35-19-11-14-23(24(15-19)36-2)30-25(31)16-37-20-12-9-18(10-13-20)29-27(32)21-7-3-5-17-6-4-8-22(26(17)21)28(33)34/h3-15H,16H2,1-2H3,(H,29,32)(H,30,31)(H,33,34).